The first-order valence-electron chi connectivity index (χ1n) is 8.74. The predicted octanol–water partition coefficient (Wildman–Crippen LogP) is 2.47. The van der Waals surface area contributed by atoms with E-state index >= 15 is 0 Å². The van der Waals surface area contributed by atoms with E-state index in [2.05, 4.69) is 10.6 Å². The molecular formula is C20H19ClN4O5. The zero-order chi connectivity index (χ0) is 22.1. The highest BCUT2D eigenvalue weighted by molar-refractivity contribution is 6.30. The topological polar surface area (TPSA) is 122 Å². The van der Waals surface area contributed by atoms with Crippen LogP contribution >= 0.6 is 11.6 Å². The first-order chi connectivity index (χ1) is 14.2. The molecular weight excluding hydrogens is 412 g/mol. The van der Waals surface area contributed by atoms with Gasteiger partial charge in [-0.25, -0.2) is 0 Å². The molecule has 0 radical (unpaired) electrons. The van der Waals surface area contributed by atoms with Gasteiger partial charge < -0.3 is 15.5 Å². The molecule has 0 fully saturated rings. The second-order valence-corrected chi connectivity index (χ2v) is 6.64. The molecule has 2 rings (SSSR count). The Morgan fingerprint density at radius 3 is 2.33 bits per heavy atom. The molecule has 0 aliphatic carbocycles. The third kappa shape index (κ3) is 7.36. The molecule has 2 aromatic carbocycles. The van der Waals surface area contributed by atoms with Gasteiger partial charge in [-0.15, -0.1) is 0 Å². The summed E-state index contributed by atoms with van der Waals surface area (Å²) < 4.78 is 0. The summed E-state index contributed by atoms with van der Waals surface area (Å²) in [6.45, 7) is -0.468. The number of amides is 3. The van der Waals surface area contributed by atoms with Gasteiger partial charge in [-0.2, -0.15) is 0 Å². The number of carbonyl (C=O) groups excluding carboxylic acids is 3. The molecule has 2 aromatic rings. The van der Waals surface area contributed by atoms with Gasteiger partial charge in [-0.05, 0) is 48.0 Å². The molecule has 0 heterocycles. The Labute approximate surface area is 177 Å². The van der Waals surface area contributed by atoms with Crippen LogP contribution in [-0.4, -0.2) is 47.7 Å². The number of rotatable bonds is 8. The van der Waals surface area contributed by atoms with E-state index in [1.54, 1.807) is 24.3 Å². The number of hydrogen-bond donors (Lipinski definition) is 2. The van der Waals surface area contributed by atoms with Crippen LogP contribution < -0.4 is 10.6 Å². The lowest BCUT2D eigenvalue weighted by Crippen LogP contribution is -2.41. The molecule has 30 heavy (non-hydrogen) atoms. The lowest BCUT2D eigenvalue weighted by atomic mass is 10.2. The van der Waals surface area contributed by atoms with E-state index in [0.717, 1.165) is 0 Å². The molecule has 0 saturated heterocycles. The number of likely N-dealkylation sites (N-methyl/N-ethyl adjacent to an activating group) is 1. The van der Waals surface area contributed by atoms with Gasteiger partial charge in [-0.3, -0.25) is 24.5 Å². The van der Waals surface area contributed by atoms with Crippen LogP contribution in [0.3, 0.4) is 0 Å². The van der Waals surface area contributed by atoms with Crippen LogP contribution in [0.5, 0.6) is 0 Å². The minimum absolute atomic E-state index is 0.0506. The number of halogens is 1. The highest BCUT2D eigenvalue weighted by Crippen LogP contribution is 2.13. The SMILES string of the molecule is CN(CC(=O)Nc1ccc(Cl)cc1)C(=O)CNC(=O)/C=C/c1ccc([N+](=O)[O-])cc1. The predicted molar refractivity (Wildman–Crippen MR) is 113 cm³/mol. The van der Waals surface area contributed by atoms with Crippen molar-refractivity contribution in [3.05, 3.63) is 75.3 Å². The number of nitro groups is 1. The number of non-ortho nitro benzene ring substituents is 1. The van der Waals surface area contributed by atoms with E-state index in [9.17, 15) is 24.5 Å². The van der Waals surface area contributed by atoms with Crippen molar-refractivity contribution in [3.63, 3.8) is 0 Å². The molecule has 0 saturated carbocycles. The van der Waals surface area contributed by atoms with Crippen LogP contribution in [0.25, 0.3) is 6.08 Å². The maximum absolute atomic E-state index is 12.1. The average Bonchev–Trinajstić information content (AvgIpc) is 2.72. The lowest BCUT2D eigenvalue weighted by molar-refractivity contribution is -0.384. The Balaban J connectivity index is 1.76. The molecule has 0 aliphatic rings. The summed E-state index contributed by atoms with van der Waals surface area (Å²) >= 11 is 5.78. The van der Waals surface area contributed by atoms with Gasteiger partial charge in [0.1, 0.15) is 0 Å². The van der Waals surface area contributed by atoms with Gasteiger partial charge in [0.2, 0.25) is 17.7 Å². The maximum atomic E-state index is 12.1. The third-order valence-electron chi connectivity index (χ3n) is 3.88. The normalized spacial score (nSPS) is 10.5. The Kier molecular flexibility index (Phi) is 8.07. The zero-order valence-corrected chi connectivity index (χ0v) is 16.8. The molecule has 3 amide bonds. The maximum Gasteiger partial charge on any atom is 0.269 e. The first kappa shape index (κ1) is 22.6. The molecule has 9 nitrogen and oxygen atoms in total. The fraction of sp³-hybridized carbons (Fsp3) is 0.150. The first-order valence-corrected chi connectivity index (χ1v) is 9.12. The van der Waals surface area contributed by atoms with Gasteiger partial charge in [0.25, 0.3) is 5.69 Å². The zero-order valence-electron chi connectivity index (χ0n) is 16.0. The van der Waals surface area contributed by atoms with Crippen molar-refractivity contribution in [3.8, 4) is 0 Å². The van der Waals surface area contributed by atoms with Crippen molar-refractivity contribution in [2.75, 3.05) is 25.5 Å². The van der Waals surface area contributed by atoms with E-state index in [1.165, 1.54) is 48.4 Å². The molecule has 0 bridgehead atoms. The smallest absolute Gasteiger partial charge is 0.269 e. The van der Waals surface area contributed by atoms with E-state index < -0.39 is 22.6 Å². The van der Waals surface area contributed by atoms with Crippen molar-refractivity contribution in [2.24, 2.45) is 0 Å². The van der Waals surface area contributed by atoms with Gasteiger partial charge in [0, 0.05) is 36.0 Å². The second-order valence-electron chi connectivity index (χ2n) is 6.20. The van der Waals surface area contributed by atoms with Crippen molar-refractivity contribution >= 4 is 46.8 Å². The van der Waals surface area contributed by atoms with Crippen molar-refractivity contribution in [1.29, 1.82) is 0 Å². The van der Waals surface area contributed by atoms with Crippen LogP contribution in [0.4, 0.5) is 11.4 Å². The summed E-state index contributed by atoms with van der Waals surface area (Å²) in [7, 11) is 1.45. The van der Waals surface area contributed by atoms with Gasteiger partial charge in [-0.1, -0.05) is 11.6 Å². The van der Waals surface area contributed by atoms with Gasteiger partial charge >= 0.3 is 0 Å². The largest absolute Gasteiger partial charge is 0.343 e. The van der Waals surface area contributed by atoms with Crippen LogP contribution in [0.15, 0.2) is 54.6 Å². The summed E-state index contributed by atoms with van der Waals surface area (Å²) in [5.41, 5.74) is 1.10. The molecule has 0 spiro atoms. The monoisotopic (exact) mass is 430 g/mol. The highest BCUT2D eigenvalue weighted by atomic mass is 35.5. The second kappa shape index (κ2) is 10.7. The van der Waals surface area contributed by atoms with Gasteiger partial charge in [0.05, 0.1) is 18.0 Å². The molecule has 0 unspecified atom stereocenters. The number of carbonyl (C=O) groups is 3. The van der Waals surface area contributed by atoms with Crippen LogP contribution in [0, 0.1) is 10.1 Å². The average molecular weight is 431 g/mol. The summed E-state index contributed by atoms with van der Waals surface area (Å²) in [6.07, 6.45) is 2.68. The molecule has 156 valence electrons. The third-order valence-corrected chi connectivity index (χ3v) is 4.13. The summed E-state index contributed by atoms with van der Waals surface area (Å²) in [6, 6.07) is 12.2. The standard InChI is InChI=1S/C20H19ClN4O5/c1-24(13-19(27)23-16-7-5-15(21)6-8-16)20(28)12-22-18(26)11-4-14-2-9-17(10-3-14)25(29)30/h2-11H,12-13H2,1H3,(H,22,26)(H,23,27)/b11-4+. The molecule has 0 atom stereocenters. The van der Waals surface area contributed by atoms with Crippen molar-refractivity contribution < 1.29 is 19.3 Å². The van der Waals surface area contributed by atoms with Crippen LogP contribution in [-0.2, 0) is 14.4 Å². The van der Waals surface area contributed by atoms with Crippen molar-refractivity contribution in [2.45, 2.75) is 0 Å². The minimum Gasteiger partial charge on any atom is -0.343 e. The lowest BCUT2D eigenvalue weighted by Gasteiger charge is -2.17. The number of nitro benzene ring substituents is 1. The number of anilines is 1. The Morgan fingerprint density at radius 2 is 1.73 bits per heavy atom. The fourth-order valence-electron chi connectivity index (χ4n) is 2.27. The van der Waals surface area contributed by atoms with E-state index in [-0.39, 0.29) is 18.8 Å². The van der Waals surface area contributed by atoms with E-state index in [1.807, 2.05) is 0 Å². The fourth-order valence-corrected chi connectivity index (χ4v) is 2.40. The number of hydrogen-bond acceptors (Lipinski definition) is 5. The highest BCUT2D eigenvalue weighted by Gasteiger charge is 2.13. The number of nitrogens with zero attached hydrogens (tertiary/aromatic N) is 2. The minimum atomic E-state index is -0.516. The quantitative estimate of drug-likeness (QED) is 0.378. The molecule has 0 aromatic heterocycles. The number of benzene rings is 2. The number of nitrogens with one attached hydrogen (secondary N) is 2. The molecule has 10 heteroatoms. The van der Waals surface area contributed by atoms with Crippen molar-refractivity contribution in [1.82, 2.24) is 10.2 Å². The summed E-state index contributed by atoms with van der Waals surface area (Å²) in [5.74, 6) is -1.35. The van der Waals surface area contributed by atoms with Crippen LogP contribution in [0.2, 0.25) is 5.02 Å². The molecule has 0 aliphatic heterocycles. The molecule has 2 N–H and O–H groups in total. The summed E-state index contributed by atoms with van der Waals surface area (Å²) in [5, 5.41) is 16.2. The van der Waals surface area contributed by atoms with E-state index in [0.29, 0.717) is 16.3 Å². The Morgan fingerprint density at radius 1 is 1.10 bits per heavy atom. The Bertz CT molecular complexity index is 958. The summed E-state index contributed by atoms with van der Waals surface area (Å²) in [4.78, 5) is 47.2. The Hall–Kier alpha value is -3.72. The van der Waals surface area contributed by atoms with Crippen LogP contribution in [0.1, 0.15) is 5.56 Å². The van der Waals surface area contributed by atoms with Gasteiger partial charge in [0.15, 0.2) is 0 Å². The van der Waals surface area contributed by atoms with E-state index in [4.69, 9.17) is 11.6 Å².